The van der Waals surface area contributed by atoms with E-state index in [1.165, 1.54) is 12.1 Å². The Kier molecular flexibility index (Phi) is 3.19. The van der Waals surface area contributed by atoms with E-state index in [1.54, 1.807) is 6.07 Å². The number of carboxylic acids is 1. The molecule has 0 aliphatic carbocycles. The van der Waals surface area contributed by atoms with Gasteiger partial charge in [0.15, 0.2) is 5.69 Å². The molecule has 0 unspecified atom stereocenters. The summed E-state index contributed by atoms with van der Waals surface area (Å²) in [7, 11) is 0. The molecule has 1 N–H and O–H groups in total. The Hall–Kier alpha value is -3.02. The molecule has 0 saturated carbocycles. The molecule has 0 aliphatic rings. The standard InChI is InChI=1S/C15H11N3O3/c19-14-8-7-13(15(20)21)17-18(14)9-11-6-5-10-3-1-2-4-12(10)16-11/h1-8H,9H2,(H,20,21). The number of rotatable bonds is 3. The third-order valence-electron chi connectivity index (χ3n) is 3.05. The van der Waals surface area contributed by atoms with Crippen molar-refractivity contribution < 1.29 is 9.90 Å². The third kappa shape index (κ3) is 2.64. The van der Waals surface area contributed by atoms with Crippen LogP contribution in [0.25, 0.3) is 10.9 Å². The molecule has 0 saturated heterocycles. The fraction of sp³-hybridized carbons (Fsp3) is 0.0667. The smallest absolute Gasteiger partial charge is 0.356 e. The summed E-state index contributed by atoms with van der Waals surface area (Å²) < 4.78 is 1.10. The summed E-state index contributed by atoms with van der Waals surface area (Å²) in [5, 5.41) is 13.7. The lowest BCUT2D eigenvalue weighted by Crippen LogP contribution is -2.25. The zero-order valence-corrected chi connectivity index (χ0v) is 10.9. The summed E-state index contributed by atoms with van der Waals surface area (Å²) in [5.74, 6) is -1.17. The number of aromatic carboxylic acids is 1. The van der Waals surface area contributed by atoms with Crippen molar-refractivity contribution in [3.05, 3.63) is 70.3 Å². The summed E-state index contributed by atoms with van der Waals surface area (Å²) >= 11 is 0. The summed E-state index contributed by atoms with van der Waals surface area (Å²) in [6.07, 6.45) is 0. The first kappa shape index (κ1) is 13.0. The van der Waals surface area contributed by atoms with Gasteiger partial charge in [-0.2, -0.15) is 5.10 Å². The van der Waals surface area contributed by atoms with Gasteiger partial charge in [-0.25, -0.2) is 9.48 Å². The number of carbonyl (C=O) groups is 1. The van der Waals surface area contributed by atoms with Crippen molar-refractivity contribution in [2.24, 2.45) is 0 Å². The van der Waals surface area contributed by atoms with Crippen LogP contribution in [0, 0.1) is 0 Å². The first-order chi connectivity index (χ1) is 10.1. The lowest BCUT2D eigenvalue weighted by Gasteiger charge is -2.06. The van der Waals surface area contributed by atoms with E-state index in [0.29, 0.717) is 5.69 Å². The van der Waals surface area contributed by atoms with Crippen molar-refractivity contribution >= 4 is 16.9 Å². The van der Waals surface area contributed by atoms with Crippen LogP contribution in [0.1, 0.15) is 16.2 Å². The number of hydrogen-bond donors (Lipinski definition) is 1. The largest absolute Gasteiger partial charge is 0.476 e. The lowest BCUT2D eigenvalue weighted by atomic mass is 10.2. The second-order valence-corrected chi connectivity index (χ2v) is 4.51. The van der Waals surface area contributed by atoms with Crippen LogP contribution in [0.15, 0.2) is 53.3 Å². The molecule has 21 heavy (non-hydrogen) atoms. The van der Waals surface area contributed by atoms with Crippen molar-refractivity contribution in [3.63, 3.8) is 0 Å². The average Bonchev–Trinajstić information content (AvgIpc) is 2.49. The van der Waals surface area contributed by atoms with Gasteiger partial charge in [-0.15, -0.1) is 0 Å². The molecule has 104 valence electrons. The Morgan fingerprint density at radius 1 is 1.10 bits per heavy atom. The highest BCUT2D eigenvalue weighted by Gasteiger charge is 2.08. The van der Waals surface area contributed by atoms with E-state index in [4.69, 9.17) is 5.11 Å². The van der Waals surface area contributed by atoms with Gasteiger partial charge in [0, 0.05) is 11.5 Å². The van der Waals surface area contributed by atoms with E-state index in [0.717, 1.165) is 15.6 Å². The maximum Gasteiger partial charge on any atom is 0.356 e. The number of nitrogens with zero attached hydrogens (tertiary/aromatic N) is 3. The van der Waals surface area contributed by atoms with Crippen molar-refractivity contribution in [3.8, 4) is 0 Å². The van der Waals surface area contributed by atoms with Crippen LogP contribution < -0.4 is 5.56 Å². The normalized spacial score (nSPS) is 10.7. The highest BCUT2D eigenvalue weighted by molar-refractivity contribution is 5.84. The molecule has 3 aromatic rings. The number of para-hydroxylation sites is 1. The zero-order valence-electron chi connectivity index (χ0n) is 10.9. The van der Waals surface area contributed by atoms with Crippen LogP contribution in [0.2, 0.25) is 0 Å². The van der Waals surface area contributed by atoms with Gasteiger partial charge in [0.2, 0.25) is 0 Å². The Balaban J connectivity index is 2.00. The molecule has 0 bridgehead atoms. The van der Waals surface area contributed by atoms with E-state index < -0.39 is 5.97 Å². The van der Waals surface area contributed by atoms with Gasteiger partial charge in [-0.05, 0) is 18.2 Å². The number of fused-ring (bicyclic) bond motifs is 1. The molecule has 6 heteroatoms. The summed E-state index contributed by atoms with van der Waals surface area (Å²) in [6.45, 7) is 0.130. The molecule has 0 spiro atoms. The molecule has 0 radical (unpaired) electrons. The summed E-state index contributed by atoms with van der Waals surface area (Å²) in [6, 6.07) is 13.7. The molecule has 6 nitrogen and oxygen atoms in total. The molecule has 0 fully saturated rings. The van der Waals surface area contributed by atoms with Gasteiger partial charge < -0.3 is 5.11 Å². The minimum Gasteiger partial charge on any atom is -0.476 e. The zero-order chi connectivity index (χ0) is 14.8. The molecule has 2 aromatic heterocycles. The fourth-order valence-electron chi connectivity index (χ4n) is 2.03. The van der Waals surface area contributed by atoms with E-state index >= 15 is 0 Å². The Bertz CT molecular complexity index is 886. The van der Waals surface area contributed by atoms with Crippen LogP contribution in [0.3, 0.4) is 0 Å². The summed E-state index contributed by atoms with van der Waals surface area (Å²) in [5.41, 5.74) is 0.925. The Labute approximate surface area is 119 Å². The van der Waals surface area contributed by atoms with E-state index in [2.05, 4.69) is 10.1 Å². The monoisotopic (exact) mass is 281 g/mol. The highest BCUT2D eigenvalue weighted by Crippen LogP contribution is 2.12. The highest BCUT2D eigenvalue weighted by atomic mass is 16.4. The fourth-order valence-corrected chi connectivity index (χ4v) is 2.03. The minimum atomic E-state index is -1.17. The van der Waals surface area contributed by atoms with Gasteiger partial charge in [0.05, 0.1) is 17.8 Å². The van der Waals surface area contributed by atoms with Crippen LogP contribution in [-0.2, 0) is 6.54 Å². The molecule has 3 rings (SSSR count). The predicted octanol–water partition coefficient (Wildman–Crippen LogP) is 1.54. The van der Waals surface area contributed by atoms with Crippen LogP contribution in [0.4, 0.5) is 0 Å². The second-order valence-electron chi connectivity index (χ2n) is 4.51. The first-order valence-corrected chi connectivity index (χ1v) is 6.29. The van der Waals surface area contributed by atoms with E-state index in [-0.39, 0.29) is 17.8 Å². The topological polar surface area (TPSA) is 85.1 Å². The average molecular weight is 281 g/mol. The Morgan fingerprint density at radius 2 is 1.90 bits per heavy atom. The Morgan fingerprint density at radius 3 is 2.71 bits per heavy atom. The SMILES string of the molecule is O=C(O)c1ccc(=O)n(Cc2ccc3ccccc3n2)n1. The minimum absolute atomic E-state index is 0.130. The van der Waals surface area contributed by atoms with E-state index in [1.807, 2.05) is 30.3 Å². The number of benzene rings is 1. The van der Waals surface area contributed by atoms with Crippen molar-refractivity contribution in [2.75, 3.05) is 0 Å². The number of hydrogen-bond acceptors (Lipinski definition) is 4. The maximum absolute atomic E-state index is 11.7. The van der Waals surface area contributed by atoms with Gasteiger partial charge in [-0.3, -0.25) is 9.78 Å². The van der Waals surface area contributed by atoms with E-state index in [9.17, 15) is 9.59 Å². The first-order valence-electron chi connectivity index (χ1n) is 6.29. The molecule has 0 atom stereocenters. The third-order valence-corrected chi connectivity index (χ3v) is 3.05. The predicted molar refractivity (Wildman–Crippen MR) is 76.3 cm³/mol. The molecule has 0 amide bonds. The quantitative estimate of drug-likeness (QED) is 0.787. The van der Waals surface area contributed by atoms with Crippen LogP contribution in [0.5, 0.6) is 0 Å². The number of pyridine rings is 1. The lowest BCUT2D eigenvalue weighted by molar-refractivity contribution is 0.0687. The molecule has 1 aromatic carbocycles. The summed E-state index contributed by atoms with van der Waals surface area (Å²) in [4.78, 5) is 27.1. The van der Waals surface area contributed by atoms with Gasteiger partial charge in [0.1, 0.15) is 0 Å². The molecular weight excluding hydrogens is 270 g/mol. The van der Waals surface area contributed by atoms with Crippen molar-refractivity contribution in [2.45, 2.75) is 6.54 Å². The van der Waals surface area contributed by atoms with Crippen LogP contribution >= 0.6 is 0 Å². The van der Waals surface area contributed by atoms with Crippen LogP contribution in [-0.4, -0.2) is 25.8 Å². The van der Waals surface area contributed by atoms with Crippen molar-refractivity contribution in [1.29, 1.82) is 0 Å². The number of aromatic nitrogens is 3. The van der Waals surface area contributed by atoms with Gasteiger partial charge in [0.25, 0.3) is 5.56 Å². The van der Waals surface area contributed by atoms with Gasteiger partial charge in [-0.1, -0.05) is 24.3 Å². The second kappa shape index (κ2) is 5.16. The molecule has 2 heterocycles. The van der Waals surface area contributed by atoms with Crippen molar-refractivity contribution in [1.82, 2.24) is 14.8 Å². The maximum atomic E-state index is 11.7. The molecule has 0 aliphatic heterocycles. The van der Waals surface area contributed by atoms with Gasteiger partial charge >= 0.3 is 5.97 Å². The number of carboxylic acid groups (broad SMARTS) is 1. The molecular formula is C15H11N3O3.